The van der Waals surface area contributed by atoms with Gasteiger partial charge in [-0.05, 0) is 63.1 Å². The summed E-state index contributed by atoms with van der Waals surface area (Å²) >= 11 is 0. The van der Waals surface area contributed by atoms with Crippen LogP contribution >= 0.6 is 0 Å². The fraction of sp³-hybridized carbons (Fsp3) is 0.667. The first-order chi connectivity index (χ1) is 16.3. The van der Waals surface area contributed by atoms with E-state index in [1.807, 2.05) is 12.1 Å². The van der Waals surface area contributed by atoms with Crippen molar-refractivity contribution in [3.63, 3.8) is 0 Å². The van der Waals surface area contributed by atoms with Crippen LogP contribution in [0.2, 0.25) is 0 Å². The van der Waals surface area contributed by atoms with Crippen LogP contribution in [-0.2, 0) is 19.7 Å². The molecule has 0 aromatic heterocycles. The minimum Gasteiger partial charge on any atom is -0.494 e. The molecule has 1 heterocycles. The zero-order chi connectivity index (χ0) is 26.1. The van der Waals surface area contributed by atoms with Gasteiger partial charge in [-0.25, -0.2) is 4.79 Å². The molecule has 2 N–H and O–H groups in total. The molecule has 1 aromatic rings. The van der Waals surface area contributed by atoms with E-state index >= 15 is 0 Å². The van der Waals surface area contributed by atoms with E-state index in [2.05, 4.69) is 43.5 Å². The third-order valence-electron chi connectivity index (χ3n) is 5.76. The Bertz CT molecular complexity index is 832. The molecule has 0 atom stereocenters. The van der Waals surface area contributed by atoms with E-state index in [1.165, 1.54) is 5.56 Å². The van der Waals surface area contributed by atoms with Crippen molar-refractivity contribution in [2.75, 3.05) is 26.2 Å². The van der Waals surface area contributed by atoms with Gasteiger partial charge in [-0.15, -0.1) is 0 Å². The standard InChI is InChI=1S/C27H43N3O5/c1-26(2,3)20-9-11-22(12-10-20)34-19-7-8-23(31)29-21-14-17-30(18-15-21)24(32)13-16-28-25(33)35-27(4,5)6/h9-12,21H,7-8,13-19H2,1-6H3,(H,28,33)(H,29,31). The first-order valence-corrected chi connectivity index (χ1v) is 12.6. The number of ether oxygens (including phenoxy) is 2. The van der Waals surface area contributed by atoms with Crippen LogP contribution in [0.15, 0.2) is 24.3 Å². The van der Waals surface area contributed by atoms with Gasteiger partial charge in [0.05, 0.1) is 6.61 Å². The van der Waals surface area contributed by atoms with Crippen molar-refractivity contribution in [1.82, 2.24) is 15.5 Å². The molecule has 0 aliphatic carbocycles. The maximum Gasteiger partial charge on any atom is 0.407 e. The first-order valence-electron chi connectivity index (χ1n) is 12.6. The van der Waals surface area contributed by atoms with Gasteiger partial charge >= 0.3 is 6.09 Å². The van der Waals surface area contributed by atoms with E-state index < -0.39 is 11.7 Å². The van der Waals surface area contributed by atoms with Gasteiger partial charge in [-0.3, -0.25) is 9.59 Å². The van der Waals surface area contributed by atoms with E-state index in [0.29, 0.717) is 32.5 Å². The van der Waals surface area contributed by atoms with Crippen LogP contribution in [0.4, 0.5) is 4.79 Å². The second kappa shape index (κ2) is 12.8. The Balaban J connectivity index is 1.57. The van der Waals surface area contributed by atoms with Crippen molar-refractivity contribution in [2.45, 2.75) is 90.7 Å². The number of nitrogens with one attached hydrogen (secondary N) is 2. The highest BCUT2D eigenvalue weighted by Crippen LogP contribution is 2.24. The number of alkyl carbamates (subject to hydrolysis) is 1. The largest absolute Gasteiger partial charge is 0.494 e. The van der Waals surface area contributed by atoms with Crippen molar-refractivity contribution in [2.24, 2.45) is 0 Å². The molecule has 1 fully saturated rings. The number of carbonyl (C=O) groups excluding carboxylic acids is 3. The molecule has 8 heteroatoms. The molecule has 0 spiro atoms. The molecule has 8 nitrogen and oxygen atoms in total. The minimum atomic E-state index is -0.564. The summed E-state index contributed by atoms with van der Waals surface area (Å²) in [5.41, 5.74) is 0.805. The number of rotatable bonds is 9. The fourth-order valence-corrected chi connectivity index (χ4v) is 3.79. The van der Waals surface area contributed by atoms with Crippen LogP contribution in [0.25, 0.3) is 0 Å². The van der Waals surface area contributed by atoms with Gasteiger partial charge in [-0.1, -0.05) is 32.9 Å². The second-order valence-corrected chi connectivity index (χ2v) is 11.1. The highest BCUT2D eigenvalue weighted by atomic mass is 16.6. The summed E-state index contributed by atoms with van der Waals surface area (Å²) in [5, 5.41) is 5.69. The van der Waals surface area contributed by atoms with Crippen LogP contribution in [0, 0.1) is 0 Å². The van der Waals surface area contributed by atoms with Crippen molar-refractivity contribution >= 4 is 17.9 Å². The third kappa shape index (κ3) is 11.0. The second-order valence-electron chi connectivity index (χ2n) is 11.1. The van der Waals surface area contributed by atoms with Crippen molar-refractivity contribution in [3.05, 3.63) is 29.8 Å². The van der Waals surface area contributed by atoms with Gasteiger partial charge in [0.15, 0.2) is 0 Å². The average molecular weight is 490 g/mol. The van der Waals surface area contributed by atoms with Gasteiger partial charge < -0.3 is 25.0 Å². The number of carbonyl (C=O) groups is 3. The lowest BCUT2D eigenvalue weighted by Gasteiger charge is -2.32. The monoisotopic (exact) mass is 489 g/mol. The quantitative estimate of drug-likeness (QED) is 0.508. The van der Waals surface area contributed by atoms with Crippen molar-refractivity contribution < 1.29 is 23.9 Å². The smallest absolute Gasteiger partial charge is 0.407 e. The summed E-state index contributed by atoms with van der Waals surface area (Å²) < 4.78 is 10.9. The summed E-state index contributed by atoms with van der Waals surface area (Å²) in [5.74, 6) is 0.832. The molecule has 0 bridgehead atoms. The number of nitrogens with zero attached hydrogens (tertiary/aromatic N) is 1. The summed E-state index contributed by atoms with van der Waals surface area (Å²) in [6.07, 6.45) is 2.23. The van der Waals surface area contributed by atoms with Crippen LogP contribution in [-0.4, -0.2) is 60.7 Å². The molecule has 35 heavy (non-hydrogen) atoms. The zero-order valence-electron chi connectivity index (χ0n) is 22.2. The number of hydrogen-bond acceptors (Lipinski definition) is 5. The number of benzene rings is 1. The van der Waals surface area contributed by atoms with E-state index in [-0.39, 0.29) is 36.2 Å². The summed E-state index contributed by atoms with van der Waals surface area (Å²) in [6, 6.07) is 8.19. The Labute approximate surface area is 210 Å². The molecular formula is C27H43N3O5. The summed E-state index contributed by atoms with van der Waals surface area (Å²) in [7, 11) is 0. The maximum atomic E-state index is 12.4. The number of piperidine rings is 1. The highest BCUT2D eigenvalue weighted by Gasteiger charge is 2.24. The number of amides is 3. The van der Waals surface area contributed by atoms with Crippen LogP contribution in [0.5, 0.6) is 5.75 Å². The lowest BCUT2D eigenvalue weighted by molar-refractivity contribution is -0.132. The molecular weight excluding hydrogens is 446 g/mol. The Morgan fingerprint density at radius 1 is 0.971 bits per heavy atom. The lowest BCUT2D eigenvalue weighted by Crippen LogP contribution is -2.47. The number of hydrogen-bond donors (Lipinski definition) is 2. The molecule has 0 saturated carbocycles. The molecule has 2 rings (SSSR count). The van der Waals surface area contributed by atoms with Gasteiger partial charge in [0.25, 0.3) is 0 Å². The number of likely N-dealkylation sites (tertiary alicyclic amines) is 1. The van der Waals surface area contributed by atoms with Crippen LogP contribution < -0.4 is 15.4 Å². The fourth-order valence-electron chi connectivity index (χ4n) is 3.79. The molecule has 1 aromatic carbocycles. The van der Waals surface area contributed by atoms with E-state index in [1.54, 1.807) is 25.7 Å². The molecule has 196 valence electrons. The average Bonchev–Trinajstić information content (AvgIpc) is 2.75. The van der Waals surface area contributed by atoms with E-state index in [0.717, 1.165) is 18.6 Å². The maximum absolute atomic E-state index is 12.4. The summed E-state index contributed by atoms with van der Waals surface area (Å²) in [6.45, 7) is 13.8. The molecule has 1 aliphatic heterocycles. The zero-order valence-corrected chi connectivity index (χ0v) is 22.2. The van der Waals surface area contributed by atoms with Gasteiger partial charge in [0.1, 0.15) is 11.4 Å². The van der Waals surface area contributed by atoms with Gasteiger partial charge in [-0.2, -0.15) is 0 Å². The predicted octanol–water partition coefficient (Wildman–Crippen LogP) is 4.17. The van der Waals surface area contributed by atoms with Crippen LogP contribution in [0.1, 0.15) is 79.2 Å². The van der Waals surface area contributed by atoms with Gasteiger partial charge in [0, 0.05) is 38.5 Å². The predicted molar refractivity (Wildman–Crippen MR) is 136 cm³/mol. The Hall–Kier alpha value is -2.77. The van der Waals surface area contributed by atoms with E-state index in [9.17, 15) is 14.4 Å². The lowest BCUT2D eigenvalue weighted by atomic mass is 9.87. The van der Waals surface area contributed by atoms with Crippen molar-refractivity contribution in [1.29, 1.82) is 0 Å². The first kappa shape index (κ1) is 28.5. The van der Waals surface area contributed by atoms with Gasteiger partial charge in [0.2, 0.25) is 11.8 Å². The topological polar surface area (TPSA) is 97.0 Å². The van der Waals surface area contributed by atoms with Crippen molar-refractivity contribution in [3.8, 4) is 5.75 Å². The Morgan fingerprint density at radius 3 is 2.17 bits per heavy atom. The molecule has 3 amide bonds. The van der Waals surface area contributed by atoms with E-state index in [4.69, 9.17) is 9.47 Å². The normalized spacial score (nSPS) is 14.9. The molecule has 0 radical (unpaired) electrons. The summed E-state index contributed by atoms with van der Waals surface area (Å²) in [4.78, 5) is 38.1. The molecule has 0 unspecified atom stereocenters. The Morgan fingerprint density at radius 2 is 1.60 bits per heavy atom. The molecule has 1 aliphatic rings. The minimum absolute atomic E-state index is 0.00137. The van der Waals surface area contributed by atoms with Crippen LogP contribution in [0.3, 0.4) is 0 Å². The highest BCUT2D eigenvalue weighted by molar-refractivity contribution is 5.78. The third-order valence-corrected chi connectivity index (χ3v) is 5.76. The molecule has 1 saturated heterocycles. The SMILES string of the molecule is CC(C)(C)OC(=O)NCCC(=O)N1CCC(NC(=O)CCCOc2ccc(C(C)(C)C)cc2)CC1. The Kier molecular flexibility index (Phi) is 10.4.